The molecule has 124 valence electrons. The van der Waals surface area contributed by atoms with Crippen molar-refractivity contribution in [3.8, 4) is 5.88 Å². The molecule has 5 nitrogen and oxygen atoms in total. The molecule has 1 heterocycles. The third-order valence-electron chi connectivity index (χ3n) is 3.88. The van der Waals surface area contributed by atoms with E-state index in [1.165, 1.54) is 0 Å². The van der Waals surface area contributed by atoms with E-state index in [4.69, 9.17) is 0 Å². The van der Waals surface area contributed by atoms with Crippen LogP contribution in [-0.4, -0.2) is 15.6 Å². The van der Waals surface area contributed by atoms with Gasteiger partial charge in [-0.25, -0.2) is 0 Å². The summed E-state index contributed by atoms with van der Waals surface area (Å²) in [7, 11) is 0. The van der Waals surface area contributed by atoms with Crippen molar-refractivity contribution in [3.63, 3.8) is 0 Å². The second-order valence-electron chi connectivity index (χ2n) is 6.21. The van der Waals surface area contributed by atoms with Crippen LogP contribution in [0, 0.1) is 6.92 Å². The van der Waals surface area contributed by atoms with Gasteiger partial charge in [0.2, 0.25) is 5.88 Å². The van der Waals surface area contributed by atoms with E-state index in [0.29, 0.717) is 12.1 Å². The molecule has 0 aliphatic carbocycles. The lowest BCUT2D eigenvalue weighted by molar-refractivity contribution is -0.118. The zero-order valence-electron chi connectivity index (χ0n) is 14.3. The Morgan fingerprint density at radius 2 is 2.04 bits per heavy atom. The van der Waals surface area contributed by atoms with Crippen LogP contribution in [0.15, 0.2) is 28.4 Å². The maximum Gasteiger partial charge on any atom is 0.264 e. The van der Waals surface area contributed by atoms with Crippen LogP contribution in [-0.2, 0) is 4.79 Å². The smallest absolute Gasteiger partial charge is 0.264 e. The summed E-state index contributed by atoms with van der Waals surface area (Å²) in [5.41, 5.74) is 2.35. The predicted octanol–water partition coefficient (Wildman–Crippen LogP) is 5.43. The van der Waals surface area contributed by atoms with E-state index < -0.39 is 0 Å². The monoisotopic (exact) mass is 315 g/mol. The summed E-state index contributed by atoms with van der Waals surface area (Å²) in [5.74, 6) is -0.179. The number of aryl methyl sites for hydroxylation is 1. The molecule has 0 unspecified atom stereocenters. The van der Waals surface area contributed by atoms with Crippen LogP contribution in [0.1, 0.15) is 58.1 Å². The lowest BCUT2D eigenvalue weighted by Crippen LogP contribution is -1.99. The van der Waals surface area contributed by atoms with Crippen LogP contribution < -0.4 is 0 Å². The minimum absolute atomic E-state index is 0.0608. The molecule has 0 aliphatic heterocycles. The van der Waals surface area contributed by atoms with Crippen LogP contribution in [0.2, 0.25) is 0 Å². The molecule has 0 aliphatic rings. The molecule has 0 spiro atoms. The summed E-state index contributed by atoms with van der Waals surface area (Å²) in [5, 5.41) is 19.2. The van der Waals surface area contributed by atoms with E-state index in [1.807, 2.05) is 43.5 Å². The summed E-state index contributed by atoms with van der Waals surface area (Å²) >= 11 is 0. The topological polar surface area (TPSA) is 66.9 Å². The number of carbonyl (C=O) groups is 1. The van der Waals surface area contributed by atoms with E-state index in [9.17, 15) is 9.90 Å². The second-order valence-corrected chi connectivity index (χ2v) is 6.21. The standard InChI is InChI=1S/C18H25N3O2/c1-5-6-7-8-16(22)19-20-17-14-11-13(4)9-10-15(14)21(12(2)3)18(17)23/h9-12,23H,5-8H2,1-4H3. The minimum atomic E-state index is -0.240. The Kier molecular flexibility index (Phi) is 5.53. The van der Waals surface area contributed by atoms with Gasteiger partial charge in [-0.2, -0.15) is 0 Å². The van der Waals surface area contributed by atoms with Gasteiger partial charge in [0.15, 0.2) is 5.69 Å². The Bertz CT molecular complexity index is 729. The molecule has 2 rings (SSSR count). The molecule has 2 aromatic rings. The van der Waals surface area contributed by atoms with E-state index in [2.05, 4.69) is 17.2 Å². The Morgan fingerprint density at radius 1 is 1.30 bits per heavy atom. The van der Waals surface area contributed by atoms with Gasteiger partial charge < -0.3 is 9.67 Å². The average Bonchev–Trinajstić information content (AvgIpc) is 2.76. The van der Waals surface area contributed by atoms with Crippen LogP contribution in [0.4, 0.5) is 5.69 Å². The van der Waals surface area contributed by atoms with Gasteiger partial charge in [0, 0.05) is 17.8 Å². The van der Waals surface area contributed by atoms with E-state index in [0.717, 1.165) is 35.7 Å². The molecule has 0 saturated carbocycles. The van der Waals surface area contributed by atoms with Gasteiger partial charge in [0.25, 0.3) is 5.91 Å². The highest BCUT2D eigenvalue weighted by Crippen LogP contribution is 2.41. The number of fused-ring (bicyclic) bond motifs is 1. The van der Waals surface area contributed by atoms with Gasteiger partial charge in [0.05, 0.1) is 5.52 Å². The van der Waals surface area contributed by atoms with Crippen molar-refractivity contribution in [3.05, 3.63) is 23.8 Å². The van der Waals surface area contributed by atoms with Gasteiger partial charge in [-0.15, -0.1) is 10.2 Å². The molecule has 5 heteroatoms. The molecule has 0 radical (unpaired) electrons. The fraction of sp³-hybridized carbons (Fsp3) is 0.500. The number of unbranched alkanes of at least 4 members (excludes halogenated alkanes) is 2. The Labute approximate surface area is 137 Å². The number of benzene rings is 1. The van der Waals surface area contributed by atoms with E-state index >= 15 is 0 Å². The first-order valence-corrected chi connectivity index (χ1v) is 8.23. The van der Waals surface area contributed by atoms with Crippen LogP contribution in [0.3, 0.4) is 0 Å². The predicted molar refractivity (Wildman–Crippen MR) is 92.4 cm³/mol. The maximum absolute atomic E-state index is 11.8. The third-order valence-corrected chi connectivity index (χ3v) is 3.88. The lowest BCUT2D eigenvalue weighted by Gasteiger charge is -2.10. The normalized spacial score (nSPS) is 11.9. The zero-order chi connectivity index (χ0) is 17.0. The Morgan fingerprint density at radius 3 is 2.70 bits per heavy atom. The maximum atomic E-state index is 11.8. The van der Waals surface area contributed by atoms with Gasteiger partial charge in [-0.05, 0) is 39.3 Å². The lowest BCUT2D eigenvalue weighted by atomic mass is 10.1. The zero-order valence-corrected chi connectivity index (χ0v) is 14.3. The first-order valence-electron chi connectivity index (χ1n) is 8.23. The second kappa shape index (κ2) is 7.40. The molecule has 0 fully saturated rings. The molecule has 0 saturated heterocycles. The first kappa shape index (κ1) is 17.2. The molecule has 23 heavy (non-hydrogen) atoms. The molecule has 1 N–H and O–H groups in total. The summed E-state index contributed by atoms with van der Waals surface area (Å²) < 4.78 is 1.81. The summed E-state index contributed by atoms with van der Waals surface area (Å²) in [4.78, 5) is 11.8. The van der Waals surface area contributed by atoms with Crippen molar-refractivity contribution < 1.29 is 9.90 Å². The highest BCUT2D eigenvalue weighted by molar-refractivity contribution is 5.95. The van der Waals surface area contributed by atoms with Gasteiger partial charge >= 0.3 is 0 Å². The molecule has 1 aromatic carbocycles. The van der Waals surface area contributed by atoms with Crippen molar-refractivity contribution in [2.24, 2.45) is 10.2 Å². The molecular formula is C18H25N3O2. The van der Waals surface area contributed by atoms with Gasteiger partial charge in [-0.3, -0.25) is 4.79 Å². The van der Waals surface area contributed by atoms with Crippen LogP contribution >= 0.6 is 0 Å². The summed E-state index contributed by atoms with van der Waals surface area (Å²) in [6.45, 7) is 8.07. The number of amides is 1. The van der Waals surface area contributed by atoms with Crippen molar-refractivity contribution in [2.75, 3.05) is 0 Å². The van der Waals surface area contributed by atoms with Crippen molar-refractivity contribution in [1.82, 2.24) is 4.57 Å². The average molecular weight is 315 g/mol. The van der Waals surface area contributed by atoms with Gasteiger partial charge in [-0.1, -0.05) is 31.4 Å². The first-order chi connectivity index (χ1) is 11.0. The largest absolute Gasteiger partial charge is 0.493 e. The highest BCUT2D eigenvalue weighted by atomic mass is 16.3. The summed E-state index contributed by atoms with van der Waals surface area (Å²) in [6.07, 6.45) is 3.30. The molecule has 1 aromatic heterocycles. The number of hydrogen-bond acceptors (Lipinski definition) is 3. The molecular weight excluding hydrogens is 290 g/mol. The number of hydrogen-bond donors (Lipinski definition) is 1. The highest BCUT2D eigenvalue weighted by Gasteiger charge is 2.18. The minimum Gasteiger partial charge on any atom is -0.493 e. The van der Waals surface area contributed by atoms with Crippen LogP contribution in [0.25, 0.3) is 10.9 Å². The van der Waals surface area contributed by atoms with E-state index in [-0.39, 0.29) is 17.8 Å². The Balaban J connectivity index is 2.38. The number of carbonyl (C=O) groups excluding carboxylic acids is 1. The fourth-order valence-corrected chi connectivity index (χ4v) is 2.70. The number of nitrogens with zero attached hydrogens (tertiary/aromatic N) is 3. The SMILES string of the molecule is CCCCCC(=O)N=Nc1c(O)n(C(C)C)c2ccc(C)cc12. The Hall–Kier alpha value is -2.17. The van der Waals surface area contributed by atoms with Crippen molar-refractivity contribution in [2.45, 2.75) is 59.4 Å². The number of rotatable bonds is 6. The molecule has 0 atom stereocenters. The molecule has 1 amide bonds. The summed E-state index contributed by atoms with van der Waals surface area (Å²) in [6, 6.07) is 6.01. The van der Waals surface area contributed by atoms with Crippen LogP contribution in [0.5, 0.6) is 5.88 Å². The number of aromatic hydroxyl groups is 1. The fourth-order valence-electron chi connectivity index (χ4n) is 2.70. The van der Waals surface area contributed by atoms with Crippen molar-refractivity contribution in [1.29, 1.82) is 0 Å². The van der Waals surface area contributed by atoms with Gasteiger partial charge in [0.1, 0.15) is 0 Å². The number of azo groups is 1. The molecule has 0 bridgehead atoms. The van der Waals surface area contributed by atoms with Crippen molar-refractivity contribution >= 4 is 22.5 Å². The quantitative estimate of drug-likeness (QED) is 0.570. The number of aromatic nitrogens is 1. The third kappa shape index (κ3) is 3.78. The van der Waals surface area contributed by atoms with E-state index in [1.54, 1.807) is 0 Å².